The lowest BCUT2D eigenvalue weighted by Gasteiger charge is -2.30. The highest BCUT2D eigenvalue weighted by Crippen LogP contribution is 2.23. The molecule has 3 rings (SSSR count). The van der Waals surface area contributed by atoms with Crippen molar-refractivity contribution in [3.8, 4) is 5.75 Å². The summed E-state index contributed by atoms with van der Waals surface area (Å²) in [5, 5.41) is 0. The number of halogens is 2. The Labute approximate surface area is 160 Å². The van der Waals surface area contributed by atoms with E-state index in [9.17, 15) is 18.4 Å². The lowest BCUT2D eigenvalue weighted by atomic mass is 10.1. The van der Waals surface area contributed by atoms with Crippen LogP contribution in [0, 0.1) is 0 Å². The summed E-state index contributed by atoms with van der Waals surface area (Å²) in [6.45, 7) is -1.27. The molecule has 1 heterocycles. The van der Waals surface area contributed by atoms with Crippen molar-refractivity contribution in [1.29, 1.82) is 0 Å². The van der Waals surface area contributed by atoms with Gasteiger partial charge in [-0.05, 0) is 24.3 Å². The second-order valence-electron chi connectivity index (χ2n) is 6.04. The van der Waals surface area contributed by atoms with E-state index < -0.39 is 18.7 Å². The summed E-state index contributed by atoms with van der Waals surface area (Å²) < 4.78 is 39.5. The molecule has 0 radical (unpaired) electrons. The summed E-state index contributed by atoms with van der Waals surface area (Å²) in [6.07, 6.45) is -1.11. The van der Waals surface area contributed by atoms with Crippen LogP contribution >= 0.6 is 0 Å². The van der Waals surface area contributed by atoms with Gasteiger partial charge in [-0.15, -0.1) is 0 Å². The zero-order valence-electron chi connectivity index (χ0n) is 14.9. The van der Waals surface area contributed by atoms with Gasteiger partial charge in [0.2, 0.25) is 6.10 Å². The van der Waals surface area contributed by atoms with Gasteiger partial charge in [0.05, 0.1) is 18.8 Å². The van der Waals surface area contributed by atoms with Crippen LogP contribution < -0.4 is 4.74 Å². The summed E-state index contributed by atoms with van der Waals surface area (Å²) in [5.41, 5.74) is 0.669. The quantitative estimate of drug-likeness (QED) is 0.709. The number of esters is 1. The molecular weight excluding hydrogens is 372 g/mol. The zero-order chi connectivity index (χ0) is 19.9. The smallest absolute Gasteiger partial charge is 0.387 e. The van der Waals surface area contributed by atoms with Crippen molar-refractivity contribution in [3.05, 3.63) is 65.7 Å². The van der Waals surface area contributed by atoms with Crippen molar-refractivity contribution >= 4 is 11.9 Å². The predicted octanol–water partition coefficient (Wildman–Crippen LogP) is 3.04. The SMILES string of the molecule is O=C(O[C@@H](C(=O)N1CCOCC1)c1ccccc1)c1ccc(OC(F)F)cc1. The first kappa shape index (κ1) is 19.8. The maximum atomic E-state index is 12.9. The molecule has 0 bridgehead atoms. The first-order valence-corrected chi connectivity index (χ1v) is 8.72. The minimum atomic E-state index is -2.95. The van der Waals surface area contributed by atoms with Crippen molar-refractivity contribution in [3.63, 3.8) is 0 Å². The molecule has 2 aromatic carbocycles. The monoisotopic (exact) mass is 391 g/mol. The van der Waals surface area contributed by atoms with Crippen LogP contribution in [-0.2, 0) is 14.3 Å². The fourth-order valence-corrected chi connectivity index (χ4v) is 2.79. The molecule has 1 atom stereocenters. The maximum Gasteiger partial charge on any atom is 0.387 e. The molecule has 1 amide bonds. The number of hydrogen-bond donors (Lipinski definition) is 0. The van der Waals surface area contributed by atoms with Crippen LogP contribution in [0.25, 0.3) is 0 Å². The lowest BCUT2D eigenvalue weighted by molar-refractivity contribution is -0.145. The first-order chi connectivity index (χ1) is 13.5. The molecule has 148 valence electrons. The number of ether oxygens (including phenoxy) is 3. The number of carbonyl (C=O) groups is 2. The third kappa shape index (κ3) is 5.04. The maximum absolute atomic E-state index is 12.9. The fourth-order valence-electron chi connectivity index (χ4n) is 2.79. The van der Waals surface area contributed by atoms with Gasteiger partial charge in [0, 0.05) is 18.7 Å². The molecule has 1 fully saturated rings. The van der Waals surface area contributed by atoms with E-state index in [4.69, 9.17) is 9.47 Å². The van der Waals surface area contributed by atoms with Gasteiger partial charge in [-0.1, -0.05) is 30.3 Å². The number of amides is 1. The Bertz CT molecular complexity index is 792. The van der Waals surface area contributed by atoms with E-state index in [1.54, 1.807) is 35.2 Å². The van der Waals surface area contributed by atoms with Crippen LogP contribution in [0.1, 0.15) is 22.0 Å². The van der Waals surface area contributed by atoms with Gasteiger partial charge >= 0.3 is 12.6 Å². The summed E-state index contributed by atoms with van der Waals surface area (Å²) in [7, 11) is 0. The van der Waals surface area contributed by atoms with Crippen molar-refractivity contribution in [2.45, 2.75) is 12.7 Å². The van der Waals surface area contributed by atoms with E-state index in [0.717, 1.165) is 0 Å². The van der Waals surface area contributed by atoms with Gasteiger partial charge in [-0.2, -0.15) is 8.78 Å². The molecule has 0 spiro atoms. The number of alkyl halides is 2. The molecule has 28 heavy (non-hydrogen) atoms. The number of benzene rings is 2. The van der Waals surface area contributed by atoms with E-state index in [1.165, 1.54) is 24.3 Å². The Morgan fingerprint density at radius 2 is 1.61 bits per heavy atom. The molecule has 0 aliphatic carbocycles. The molecule has 2 aromatic rings. The van der Waals surface area contributed by atoms with Crippen LogP contribution in [-0.4, -0.2) is 49.7 Å². The fraction of sp³-hybridized carbons (Fsp3) is 0.300. The predicted molar refractivity (Wildman–Crippen MR) is 95.1 cm³/mol. The number of rotatable bonds is 6. The number of hydrogen-bond acceptors (Lipinski definition) is 5. The van der Waals surface area contributed by atoms with E-state index in [-0.39, 0.29) is 17.2 Å². The zero-order valence-corrected chi connectivity index (χ0v) is 14.9. The summed E-state index contributed by atoms with van der Waals surface area (Å²) in [5.74, 6) is -1.14. The van der Waals surface area contributed by atoms with Crippen molar-refractivity contribution in [2.24, 2.45) is 0 Å². The average molecular weight is 391 g/mol. The number of morpholine rings is 1. The Morgan fingerprint density at radius 3 is 2.21 bits per heavy atom. The standard InChI is InChI=1S/C20H19F2NO5/c21-20(22)27-16-8-6-15(7-9-16)19(25)28-17(14-4-2-1-3-5-14)18(24)23-10-12-26-13-11-23/h1-9,17,20H,10-13H2/t17-/m1/s1. The van der Waals surface area contributed by atoms with E-state index in [2.05, 4.69) is 4.74 Å². The Balaban J connectivity index is 1.77. The lowest BCUT2D eigenvalue weighted by Crippen LogP contribution is -2.44. The second kappa shape index (κ2) is 9.27. The van der Waals surface area contributed by atoms with Crippen LogP contribution in [0.15, 0.2) is 54.6 Å². The van der Waals surface area contributed by atoms with Gasteiger partial charge in [0.25, 0.3) is 5.91 Å². The van der Waals surface area contributed by atoms with Crippen molar-refractivity contribution in [2.75, 3.05) is 26.3 Å². The van der Waals surface area contributed by atoms with Crippen LogP contribution in [0.4, 0.5) is 8.78 Å². The molecule has 8 heteroatoms. The Hall–Kier alpha value is -3.00. The second-order valence-corrected chi connectivity index (χ2v) is 6.04. The van der Waals surface area contributed by atoms with E-state index >= 15 is 0 Å². The Kier molecular flexibility index (Phi) is 6.54. The topological polar surface area (TPSA) is 65.1 Å². The molecule has 1 saturated heterocycles. The minimum Gasteiger partial charge on any atom is -0.444 e. The van der Waals surface area contributed by atoms with Crippen LogP contribution in [0.3, 0.4) is 0 Å². The third-order valence-corrected chi connectivity index (χ3v) is 4.19. The third-order valence-electron chi connectivity index (χ3n) is 4.19. The molecule has 1 aliphatic heterocycles. The molecule has 1 aliphatic rings. The van der Waals surface area contributed by atoms with Crippen LogP contribution in [0.5, 0.6) is 5.75 Å². The molecular formula is C20H19F2NO5. The van der Waals surface area contributed by atoms with Crippen molar-refractivity contribution in [1.82, 2.24) is 4.90 Å². The molecule has 0 N–H and O–H groups in total. The first-order valence-electron chi connectivity index (χ1n) is 8.72. The molecule has 0 unspecified atom stereocenters. The number of carbonyl (C=O) groups excluding carboxylic acids is 2. The van der Waals surface area contributed by atoms with Gasteiger partial charge in [-0.3, -0.25) is 4.79 Å². The summed E-state index contributed by atoms with van der Waals surface area (Å²) in [4.78, 5) is 27.1. The van der Waals surface area contributed by atoms with E-state index in [1.807, 2.05) is 0 Å². The highest BCUT2D eigenvalue weighted by atomic mass is 19.3. The highest BCUT2D eigenvalue weighted by Gasteiger charge is 2.30. The van der Waals surface area contributed by atoms with Crippen molar-refractivity contribution < 1.29 is 32.6 Å². The van der Waals surface area contributed by atoms with Gasteiger partial charge in [-0.25, -0.2) is 4.79 Å². The summed E-state index contributed by atoms with van der Waals surface area (Å²) >= 11 is 0. The molecule has 0 aromatic heterocycles. The minimum absolute atomic E-state index is 0.0736. The van der Waals surface area contributed by atoms with Gasteiger partial charge in [0.15, 0.2) is 0 Å². The highest BCUT2D eigenvalue weighted by molar-refractivity contribution is 5.92. The van der Waals surface area contributed by atoms with E-state index in [0.29, 0.717) is 31.9 Å². The largest absolute Gasteiger partial charge is 0.444 e. The molecule has 0 saturated carbocycles. The normalized spacial score (nSPS) is 15.2. The summed E-state index contributed by atoms with van der Waals surface area (Å²) in [6, 6.07) is 13.8. The van der Waals surface area contributed by atoms with Crippen LogP contribution in [0.2, 0.25) is 0 Å². The average Bonchev–Trinajstić information content (AvgIpc) is 2.73. The number of nitrogens with zero attached hydrogens (tertiary/aromatic N) is 1. The Morgan fingerprint density at radius 1 is 0.964 bits per heavy atom. The van der Waals surface area contributed by atoms with Gasteiger partial charge < -0.3 is 19.1 Å². The van der Waals surface area contributed by atoms with Gasteiger partial charge in [0.1, 0.15) is 5.75 Å². The molecule has 6 nitrogen and oxygen atoms in total.